The maximum Gasteiger partial charge on any atom is 0.325 e. The lowest BCUT2D eigenvalue weighted by molar-refractivity contribution is -0.138. The fourth-order valence-electron chi connectivity index (χ4n) is 0.850. The first-order valence-electron chi connectivity index (χ1n) is 3.96. The molecule has 0 aromatic carbocycles. The van der Waals surface area contributed by atoms with E-state index in [0.717, 1.165) is 6.39 Å². The molecule has 0 saturated carbocycles. The number of rotatable bonds is 3. The summed E-state index contributed by atoms with van der Waals surface area (Å²) in [6.45, 7) is 2.95. The SMILES string of the molecule is Cc1ocnc1C(=O)N[C@@H](C)C(=O)O. The van der Waals surface area contributed by atoms with Gasteiger partial charge in [0, 0.05) is 0 Å². The summed E-state index contributed by atoms with van der Waals surface area (Å²) in [7, 11) is 0. The molecule has 0 unspecified atom stereocenters. The normalized spacial score (nSPS) is 12.1. The molecule has 0 bridgehead atoms. The van der Waals surface area contributed by atoms with Crippen LogP contribution in [0.15, 0.2) is 10.8 Å². The molecule has 6 heteroatoms. The molecule has 0 aliphatic heterocycles. The highest BCUT2D eigenvalue weighted by molar-refractivity contribution is 5.95. The zero-order chi connectivity index (χ0) is 10.7. The molecule has 0 radical (unpaired) electrons. The number of carbonyl (C=O) groups is 2. The van der Waals surface area contributed by atoms with Crippen LogP contribution in [0.5, 0.6) is 0 Å². The zero-order valence-corrected chi connectivity index (χ0v) is 7.77. The summed E-state index contributed by atoms with van der Waals surface area (Å²) in [5.74, 6) is -1.29. The number of aromatic nitrogens is 1. The molecule has 1 rings (SSSR count). The standard InChI is InChI=1S/C8H10N2O4/c1-4(8(12)13)10-7(11)6-5(2)14-3-9-6/h3-4H,1-2H3,(H,10,11)(H,12,13)/t4-/m0/s1. The molecule has 1 amide bonds. The topological polar surface area (TPSA) is 92.4 Å². The summed E-state index contributed by atoms with van der Waals surface area (Å²) in [5, 5.41) is 10.8. The van der Waals surface area contributed by atoms with E-state index >= 15 is 0 Å². The second-order valence-corrected chi connectivity index (χ2v) is 2.79. The first-order valence-corrected chi connectivity index (χ1v) is 3.96. The van der Waals surface area contributed by atoms with Crippen LogP contribution in [0.3, 0.4) is 0 Å². The van der Waals surface area contributed by atoms with Gasteiger partial charge in [-0.25, -0.2) is 4.98 Å². The van der Waals surface area contributed by atoms with E-state index < -0.39 is 17.9 Å². The summed E-state index contributed by atoms with van der Waals surface area (Å²) in [6, 6.07) is -0.946. The average Bonchev–Trinajstić information content (AvgIpc) is 2.51. The minimum Gasteiger partial charge on any atom is -0.480 e. The van der Waals surface area contributed by atoms with Crippen LogP contribution in [-0.4, -0.2) is 28.0 Å². The van der Waals surface area contributed by atoms with E-state index in [4.69, 9.17) is 9.52 Å². The quantitative estimate of drug-likeness (QED) is 0.723. The number of hydrogen-bond donors (Lipinski definition) is 2. The van der Waals surface area contributed by atoms with Crippen LogP contribution in [0.4, 0.5) is 0 Å². The lowest BCUT2D eigenvalue weighted by Crippen LogP contribution is -2.38. The van der Waals surface area contributed by atoms with Gasteiger partial charge in [0.2, 0.25) is 0 Å². The molecule has 0 fully saturated rings. The number of carboxylic acid groups (broad SMARTS) is 1. The third kappa shape index (κ3) is 2.09. The lowest BCUT2D eigenvalue weighted by atomic mass is 10.3. The summed E-state index contributed by atoms with van der Waals surface area (Å²) >= 11 is 0. The summed E-state index contributed by atoms with van der Waals surface area (Å²) in [4.78, 5) is 25.4. The number of carboxylic acids is 1. The number of nitrogens with zero attached hydrogens (tertiary/aromatic N) is 1. The molecule has 1 aromatic rings. The van der Waals surface area contributed by atoms with E-state index in [-0.39, 0.29) is 5.69 Å². The van der Waals surface area contributed by atoms with Gasteiger partial charge in [0.25, 0.3) is 5.91 Å². The molecule has 76 valence electrons. The van der Waals surface area contributed by atoms with Crippen molar-refractivity contribution in [1.82, 2.24) is 10.3 Å². The van der Waals surface area contributed by atoms with Crippen molar-refractivity contribution in [3.8, 4) is 0 Å². The molecule has 0 spiro atoms. The number of nitrogens with one attached hydrogen (secondary N) is 1. The summed E-state index contributed by atoms with van der Waals surface area (Å²) in [5.41, 5.74) is 0.109. The molecule has 0 saturated heterocycles. The molecule has 2 N–H and O–H groups in total. The molecule has 14 heavy (non-hydrogen) atoms. The number of aliphatic carboxylic acids is 1. The van der Waals surface area contributed by atoms with Gasteiger partial charge in [-0.1, -0.05) is 0 Å². The highest BCUT2D eigenvalue weighted by Gasteiger charge is 2.18. The number of aryl methyl sites for hydroxylation is 1. The molecule has 0 aliphatic carbocycles. The van der Waals surface area contributed by atoms with Gasteiger partial charge in [0.05, 0.1) is 0 Å². The highest BCUT2D eigenvalue weighted by atomic mass is 16.4. The van der Waals surface area contributed by atoms with Crippen molar-refractivity contribution in [2.75, 3.05) is 0 Å². The fraction of sp³-hybridized carbons (Fsp3) is 0.375. The first kappa shape index (κ1) is 10.2. The van der Waals surface area contributed by atoms with Crippen LogP contribution >= 0.6 is 0 Å². The Labute approximate surface area is 79.9 Å². The smallest absolute Gasteiger partial charge is 0.325 e. The number of hydrogen-bond acceptors (Lipinski definition) is 4. The second kappa shape index (κ2) is 3.91. The van der Waals surface area contributed by atoms with E-state index in [2.05, 4.69) is 10.3 Å². The Morgan fingerprint density at radius 2 is 2.29 bits per heavy atom. The fourth-order valence-corrected chi connectivity index (χ4v) is 0.850. The van der Waals surface area contributed by atoms with E-state index in [9.17, 15) is 9.59 Å². The summed E-state index contributed by atoms with van der Waals surface area (Å²) < 4.78 is 4.81. The third-order valence-corrected chi connectivity index (χ3v) is 1.68. The number of amides is 1. The van der Waals surface area contributed by atoms with E-state index in [1.165, 1.54) is 6.92 Å². The maximum atomic E-state index is 11.3. The Balaban J connectivity index is 2.69. The van der Waals surface area contributed by atoms with Crippen LogP contribution < -0.4 is 5.32 Å². The monoisotopic (exact) mass is 198 g/mol. The minimum atomic E-state index is -1.10. The third-order valence-electron chi connectivity index (χ3n) is 1.68. The van der Waals surface area contributed by atoms with Crippen LogP contribution in [-0.2, 0) is 4.79 Å². The van der Waals surface area contributed by atoms with Crippen molar-refractivity contribution in [2.24, 2.45) is 0 Å². The second-order valence-electron chi connectivity index (χ2n) is 2.79. The van der Waals surface area contributed by atoms with Crippen molar-refractivity contribution in [1.29, 1.82) is 0 Å². The van der Waals surface area contributed by atoms with Crippen molar-refractivity contribution in [3.05, 3.63) is 17.8 Å². The largest absolute Gasteiger partial charge is 0.480 e. The minimum absolute atomic E-state index is 0.109. The molecule has 1 aromatic heterocycles. The van der Waals surface area contributed by atoms with E-state index in [1.807, 2.05) is 0 Å². The number of carbonyl (C=O) groups excluding carboxylic acids is 1. The Morgan fingerprint density at radius 1 is 1.64 bits per heavy atom. The van der Waals surface area contributed by atoms with Crippen molar-refractivity contribution in [3.63, 3.8) is 0 Å². The van der Waals surface area contributed by atoms with Crippen LogP contribution in [0.2, 0.25) is 0 Å². The van der Waals surface area contributed by atoms with Gasteiger partial charge in [-0.2, -0.15) is 0 Å². The maximum absolute atomic E-state index is 11.3. The lowest BCUT2D eigenvalue weighted by Gasteiger charge is -2.07. The Morgan fingerprint density at radius 3 is 2.71 bits per heavy atom. The van der Waals surface area contributed by atoms with Gasteiger partial charge in [-0.15, -0.1) is 0 Å². The van der Waals surface area contributed by atoms with Gasteiger partial charge in [-0.05, 0) is 13.8 Å². The van der Waals surface area contributed by atoms with Crippen molar-refractivity contribution >= 4 is 11.9 Å². The van der Waals surface area contributed by atoms with Crippen molar-refractivity contribution in [2.45, 2.75) is 19.9 Å². The molecule has 1 atom stereocenters. The molecule has 1 heterocycles. The Kier molecular flexibility index (Phi) is 2.85. The Bertz CT molecular complexity index is 358. The molecule has 0 aliphatic rings. The highest BCUT2D eigenvalue weighted by Crippen LogP contribution is 2.04. The Hall–Kier alpha value is -1.85. The van der Waals surface area contributed by atoms with E-state index in [1.54, 1.807) is 6.92 Å². The van der Waals surface area contributed by atoms with Crippen LogP contribution in [0.1, 0.15) is 23.2 Å². The van der Waals surface area contributed by atoms with Gasteiger partial charge in [-0.3, -0.25) is 9.59 Å². The first-order chi connectivity index (χ1) is 6.52. The molecular formula is C8H10N2O4. The van der Waals surface area contributed by atoms with Gasteiger partial charge in [0.15, 0.2) is 12.1 Å². The van der Waals surface area contributed by atoms with Gasteiger partial charge < -0.3 is 14.8 Å². The predicted octanol–water partition coefficient (Wildman–Crippen LogP) is 0.186. The van der Waals surface area contributed by atoms with Crippen LogP contribution in [0.25, 0.3) is 0 Å². The van der Waals surface area contributed by atoms with Crippen molar-refractivity contribution < 1.29 is 19.1 Å². The average molecular weight is 198 g/mol. The summed E-state index contributed by atoms with van der Waals surface area (Å²) in [6.07, 6.45) is 1.13. The van der Waals surface area contributed by atoms with Gasteiger partial charge >= 0.3 is 5.97 Å². The molecule has 6 nitrogen and oxygen atoms in total. The van der Waals surface area contributed by atoms with Crippen LogP contribution in [0, 0.1) is 6.92 Å². The predicted molar refractivity (Wildman–Crippen MR) is 45.8 cm³/mol. The van der Waals surface area contributed by atoms with Gasteiger partial charge in [0.1, 0.15) is 11.8 Å². The number of oxazole rings is 1. The molecular weight excluding hydrogens is 188 g/mol. The zero-order valence-electron chi connectivity index (χ0n) is 7.77. The van der Waals surface area contributed by atoms with E-state index in [0.29, 0.717) is 5.76 Å².